The maximum Gasteiger partial charge on any atom is 0.409 e. The highest BCUT2D eigenvalue weighted by Crippen LogP contribution is 2.24. The van der Waals surface area contributed by atoms with Gasteiger partial charge in [0.15, 0.2) is 0 Å². The van der Waals surface area contributed by atoms with Crippen LogP contribution >= 0.6 is 0 Å². The Kier molecular flexibility index (Phi) is 12.4. The van der Waals surface area contributed by atoms with Gasteiger partial charge in [0.25, 0.3) is 0 Å². The molecule has 0 fully saturated rings. The van der Waals surface area contributed by atoms with E-state index in [1.54, 1.807) is 18.9 Å². The van der Waals surface area contributed by atoms with E-state index in [2.05, 4.69) is 0 Å². The van der Waals surface area contributed by atoms with Gasteiger partial charge in [-0.05, 0) is 45.1 Å². The quantitative estimate of drug-likeness (QED) is 0.329. The molecule has 1 heterocycles. The predicted molar refractivity (Wildman–Crippen MR) is 130 cm³/mol. The maximum atomic E-state index is 12.4. The number of hydrogen-bond donors (Lipinski definition) is 2. The van der Waals surface area contributed by atoms with Crippen LogP contribution in [-0.4, -0.2) is 65.2 Å². The lowest BCUT2D eigenvalue weighted by Gasteiger charge is -2.27. The molecule has 1 amide bonds. The standard InChI is InChI=1S/C26H43NO6/c1-7-16-27(6)25(30)32-18-19(2)10-8-11-20(3)24-21(4)12-9-14-26(5,31)15-13-22(28)17-23(29)33-24/h8-12,19,21-22,24,28,31H,7,13-18H2,1-6H3/b10-8+,12-9+,20-11+/t19-,21+,22-,24-,26+/m1/s1. The molecule has 0 radical (unpaired) electrons. The SMILES string of the molecule is CCCN(C)C(=O)OC[C@H](C)/C=C/C=C(\C)[C@H]1OC(=O)C[C@H](O)CC[C@@](C)(O)C/C=C/[C@@H]1C. The molecule has 0 saturated heterocycles. The van der Waals surface area contributed by atoms with Crippen LogP contribution in [-0.2, 0) is 14.3 Å². The van der Waals surface area contributed by atoms with E-state index in [0.717, 1.165) is 12.0 Å². The molecule has 7 nitrogen and oxygen atoms in total. The molecule has 2 N–H and O–H groups in total. The van der Waals surface area contributed by atoms with Crippen LogP contribution in [0.5, 0.6) is 0 Å². The summed E-state index contributed by atoms with van der Waals surface area (Å²) >= 11 is 0. The number of aliphatic hydroxyl groups is 2. The van der Waals surface area contributed by atoms with Crippen molar-refractivity contribution in [3.8, 4) is 0 Å². The number of aliphatic hydroxyl groups excluding tert-OH is 1. The minimum absolute atomic E-state index is 0.0292. The van der Waals surface area contributed by atoms with Crippen molar-refractivity contribution < 1.29 is 29.3 Å². The molecule has 0 saturated carbocycles. The van der Waals surface area contributed by atoms with Crippen LogP contribution in [0.15, 0.2) is 36.0 Å². The molecule has 33 heavy (non-hydrogen) atoms. The van der Waals surface area contributed by atoms with Crippen LogP contribution in [0, 0.1) is 11.8 Å². The summed E-state index contributed by atoms with van der Waals surface area (Å²) in [6, 6.07) is 0. The summed E-state index contributed by atoms with van der Waals surface area (Å²) in [5.41, 5.74) is -0.0594. The Morgan fingerprint density at radius 2 is 2.15 bits per heavy atom. The Morgan fingerprint density at radius 1 is 1.45 bits per heavy atom. The highest BCUT2D eigenvalue weighted by atomic mass is 16.6. The van der Waals surface area contributed by atoms with Crippen molar-refractivity contribution in [3.63, 3.8) is 0 Å². The molecule has 0 unspecified atom stereocenters. The molecule has 0 spiro atoms. The summed E-state index contributed by atoms with van der Waals surface area (Å²) in [6.45, 7) is 10.5. The van der Waals surface area contributed by atoms with Gasteiger partial charge in [0.1, 0.15) is 6.10 Å². The number of carbonyl (C=O) groups excluding carboxylic acids is 2. The first-order chi connectivity index (χ1) is 15.4. The number of cyclic esters (lactones) is 1. The molecular formula is C26H43NO6. The molecule has 1 rings (SSSR count). The summed E-state index contributed by atoms with van der Waals surface area (Å²) in [7, 11) is 1.72. The third kappa shape index (κ3) is 11.5. The first kappa shape index (κ1) is 28.9. The van der Waals surface area contributed by atoms with E-state index in [9.17, 15) is 19.8 Å². The Balaban J connectivity index is 2.82. The largest absolute Gasteiger partial charge is 0.457 e. The lowest BCUT2D eigenvalue weighted by atomic mass is 9.91. The topological polar surface area (TPSA) is 96.3 Å². The van der Waals surface area contributed by atoms with Gasteiger partial charge in [0.05, 0.1) is 24.7 Å². The fourth-order valence-corrected chi connectivity index (χ4v) is 3.60. The summed E-state index contributed by atoms with van der Waals surface area (Å²) < 4.78 is 11.0. The van der Waals surface area contributed by atoms with E-state index in [-0.39, 0.29) is 31.0 Å². The van der Waals surface area contributed by atoms with Gasteiger partial charge in [-0.15, -0.1) is 0 Å². The van der Waals surface area contributed by atoms with Crippen LogP contribution < -0.4 is 0 Å². The number of carbonyl (C=O) groups is 2. The second kappa shape index (κ2) is 14.2. The van der Waals surface area contributed by atoms with Crippen LogP contribution in [0.3, 0.4) is 0 Å². The third-order valence-electron chi connectivity index (χ3n) is 5.74. The number of ether oxygens (including phenoxy) is 2. The highest BCUT2D eigenvalue weighted by Gasteiger charge is 2.26. The van der Waals surface area contributed by atoms with Crippen molar-refractivity contribution in [2.45, 2.75) is 84.5 Å². The number of esters is 1. The third-order valence-corrected chi connectivity index (χ3v) is 5.74. The first-order valence-electron chi connectivity index (χ1n) is 11.9. The smallest absolute Gasteiger partial charge is 0.409 e. The van der Waals surface area contributed by atoms with Gasteiger partial charge in [0, 0.05) is 25.4 Å². The van der Waals surface area contributed by atoms with E-state index in [1.807, 2.05) is 58.1 Å². The monoisotopic (exact) mass is 465 g/mol. The second-order valence-corrected chi connectivity index (χ2v) is 9.57. The van der Waals surface area contributed by atoms with Crippen LogP contribution in [0.4, 0.5) is 4.79 Å². The van der Waals surface area contributed by atoms with Gasteiger partial charge in [0.2, 0.25) is 0 Å². The number of allylic oxidation sites excluding steroid dienone is 2. The predicted octanol–water partition coefficient (Wildman–Crippen LogP) is 4.39. The fraction of sp³-hybridized carbons (Fsp3) is 0.692. The van der Waals surface area contributed by atoms with E-state index in [0.29, 0.717) is 25.8 Å². The zero-order valence-corrected chi connectivity index (χ0v) is 21.1. The molecule has 0 aromatic carbocycles. The van der Waals surface area contributed by atoms with Crippen molar-refractivity contribution in [1.82, 2.24) is 4.90 Å². The summed E-state index contributed by atoms with van der Waals surface area (Å²) in [5, 5.41) is 20.6. The lowest BCUT2D eigenvalue weighted by molar-refractivity contribution is -0.151. The zero-order valence-electron chi connectivity index (χ0n) is 21.1. The lowest BCUT2D eigenvalue weighted by Crippen LogP contribution is -2.30. The van der Waals surface area contributed by atoms with Crippen LogP contribution in [0.25, 0.3) is 0 Å². The Labute approximate surface area is 199 Å². The highest BCUT2D eigenvalue weighted by molar-refractivity contribution is 5.70. The Bertz CT molecular complexity index is 712. The average molecular weight is 466 g/mol. The minimum Gasteiger partial charge on any atom is -0.457 e. The normalized spacial score (nSPS) is 29.5. The summed E-state index contributed by atoms with van der Waals surface area (Å²) in [4.78, 5) is 25.9. The number of hydrogen-bond acceptors (Lipinski definition) is 6. The molecule has 1 aliphatic heterocycles. The fourth-order valence-electron chi connectivity index (χ4n) is 3.60. The molecule has 0 bridgehead atoms. The van der Waals surface area contributed by atoms with Gasteiger partial charge in [-0.2, -0.15) is 0 Å². The molecule has 188 valence electrons. The maximum absolute atomic E-state index is 12.4. The van der Waals surface area contributed by atoms with Crippen molar-refractivity contribution in [3.05, 3.63) is 36.0 Å². The molecular weight excluding hydrogens is 422 g/mol. The van der Waals surface area contributed by atoms with E-state index in [1.165, 1.54) is 0 Å². The van der Waals surface area contributed by atoms with Gasteiger partial charge < -0.3 is 24.6 Å². The van der Waals surface area contributed by atoms with Gasteiger partial charge >= 0.3 is 12.1 Å². The molecule has 0 aromatic heterocycles. The minimum atomic E-state index is -0.922. The Hall–Kier alpha value is -2.12. The molecule has 1 aliphatic rings. The van der Waals surface area contributed by atoms with Crippen molar-refractivity contribution in [2.24, 2.45) is 11.8 Å². The zero-order chi connectivity index (χ0) is 25.0. The molecule has 5 atom stereocenters. The van der Waals surface area contributed by atoms with Gasteiger partial charge in [-0.3, -0.25) is 4.79 Å². The number of nitrogens with zero attached hydrogens (tertiary/aromatic N) is 1. The van der Waals surface area contributed by atoms with Crippen molar-refractivity contribution in [1.29, 1.82) is 0 Å². The molecule has 0 aromatic rings. The van der Waals surface area contributed by atoms with E-state index >= 15 is 0 Å². The van der Waals surface area contributed by atoms with Gasteiger partial charge in [-0.1, -0.05) is 51.2 Å². The first-order valence-corrected chi connectivity index (χ1v) is 11.9. The number of rotatable bonds is 7. The molecule has 0 aliphatic carbocycles. The Morgan fingerprint density at radius 3 is 2.82 bits per heavy atom. The van der Waals surface area contributed by atoms with Crippen LogP contribution in [0.2, 0.25) is 0 Å². The van der Waals surface area contributed by atoms with E-state index in [4.69, 9.17) is 9.47 Å². The molecule has 7 heteroatoms. The van der Waals surface area contributed by atoms with Crippen molar-refractivity contribution in [2.75, 3.05) is 20.2 Å². The average Bonchev–Trinajstić information content (AvgIpc) is 2.73. The van der Waals surface area contributed by atoms with Crippen LogP contribution in [0.1, 0.15) is 66.7 Å². The van der Waals surface area contributed by atoms with Crippen molar-refractivity contribution >= 4 is 12.1 Å². The number of amides is 1. The van der Waals surface area contributed by atoms with E-state index < -0.39 is 23.8 Å². The summed E-state index contributed by atoms with van der Waals surface area (Å²) in [5.74, 6) is -0.527. The van der Waals surface area contributed by atoms with Gasteiger partial charge in [-0.25, -0.2) is 4.79 Å². The summed E-state index contributed by atoms with van der Waals surface area (Å²) in [6.07, 6.45) is 9.93. The second-order valence-electron chi connectivity index (χ2n) is 9.57.